The Morgan fingerprint density at radius 2 is 1.17 bits per heavy atom. The zero-order valence-corrected chi connectivity index (χ0v) is 19.4. The van der Waals surface area contributed by atoms with Crippen LogP contribution in [0.1, 0.15) is 22.3 Å². The van der Waals surface area contributed by atoms with Gasteiger partial charge in [0, 0.05) is 6.42 Å². The maximum Gasteiger partial charge on any atom is 0.326 e. The molecular formula is C30H27NO4. The van der Waals surface area contributed by atoms with Gasteiger partial charge in [0.25, 0.3) is 0 Å². The zero-order valence-electron chi connectivity index (χ0n) is 19.4. The van der Waals surface area contributed by atoms with Gasteiger partial charge in [-0.15, -0.1) is 0 Å². The van der Waals surface area contributed by atoms with Crippen molar-refractivity contribution in [2.45, 2.75) is 17.9 Å². The van der Waals surface area contributed by atoms with Gasteiger partial charge in [-0.1, -0.05) is 103 Å². The fourth-order valence-electron chi connectivity index (χ4n) is 4.42. The molecule has 0 aliphatic heterocycles. The number of hydrogen-bond donors (Lipinski definition) is 2. The van der Waals surface area contributed by atoms with Gasteiger partial charge in [0.1, 0.15) is 17.2 Å². The minimum atomic E-state index is -1.24. The zero-order chi connectivity index (χ0) is 24.7. The number of aliphatic carboxylic acids is 1. The highest BCUT2D eigenvalue weighted by Crippen LogP contribution is 2.39. The standard InChI is InChI=1S/C30H27NO4/c1-35-26-19-17-22(18-20-26)21-27(28(32)33)31-29(34)30(23-11-5-2-6-12-23,24-13-7-3-8-14-24)25-15-9-4-10-16-25/h2-20,27H,21H2,1H3,(H,31,34)(H,32,33)/t27-/m1/s1. The van der Waals surface area contributed by atoms with E-state index in [1.165, 1.54) is 0 Å². The van der Waals surface area contributed by atoms with Crippen LogP contribution in [0.5, 0.6) is 5.75 Å². The van der Waals surface area contributed by atoms with E-state index in [1.807, 2.05) is 91.0 Å². The summed E-state index contributed by atoms with van der Waals surface area (Å²) in [5.74, 6) is -0.819. The summed E-state index contributed by atoms with van der Waals surface area (Å²) in [6, 6.07) is 34.4. The highest BCUT2D eigenvalue weighted by atomic mass is 16.5. The second kappa shape index (κ2) is 10.7. The molecule has 0 radical (unpaired) electrons. The monoisotopic (exact) mass is 465 g/mol. The highest BCUT2D eigenvalue weighted by Gasteiger charge is 2.45. The van der Waals surface area contributed by atoms with E-state index in [0.717, 1.165) is 22.3 Å². The van der Waals surface area contributed by atoms with Crippen molar-refractivity contribution >= 4 is 11.9 Å². The molecule has 5 nitrogen and oxygen atoms in total. The third-order valence-corrected chi connectivity index (χ3v) is 6.16. The summed E-state index contributed by atoms with van der Waals surface area (Å²) >= 11 is 0. The lowest BCUT2D eigenvalue weighted by atomic mass is 9.68. The molecule has 0 unspecified atom stereocenters. The maximum atomic E-state index is 14.3. The van der Waals surface area contributed by atoms with Crippen LogP contribution in [0.15, 0.2) is 115 Å². The molecule has 1 atom stereocenters. The molecule has 2 N–H and O–H groups in total. The van der Waals surface area contributed by atoms with Crippen molar-refractivity contribution < 1.29 is 19.4 Å². The quantitative estimate of drug-likeness (QED) is 0.347. The molecule has 0 fully saturated rings. The normalized spacial score (nSPS) is 11.9. The summed E-state index contributed by atoms with van der Waals surface area (Å²) < 4.78 is 5.19. The van der Waals surface area contributed by atoms with Crippen LogP contribution in [0.2, 0.25) is 0 Å². The summed E-state index contributed by atoms with van der Waals surface area (Å²) in [7, 11) is 1.58. The van der Waals surface area contributed by atoms with E-state index in [-0.39, 0.29) is 6.42 Å². The second-order valence-electron chi connectivity index (χ2n) is 8.26. The van der Waals surface area contributed by atoms with Crippen LogP contribution in [0.3, 0.4) is 0 Å². The molecule has 0 saturated carbocycles. The van der Waals surface area contributed by atoms with Crippen molar-refractivity contribution in [3.8, 4) is 5.75 Å². The number of hydrogen-bond acceptors (Lipinski definition) is 3. The number of carbonyl (C=O) groups is 2. The first kappa shape index (κ1) is 23.8. The van der Waals surface area contributed by atoms with E-state index in [9.17, 15) is 14.7 Å². The number of rotatable bonds is 9. The molecule has 1 amide bonds. The average Bonchev–Trinajstić information content (AvgIpc) is 2.91. The number of carbonyl (C=O) groups excluding carboxylic acids is 1. The molecule has 176 valence electrons. The molecule has 0 aromatic heterocycles. The first-order valence-corrected chi connectivity index (χ1v) is 11.4. The number of carboxylic acids is 1. The van der Waals surface area contributed by atoms with E-state index in [0.29, 0.717) is 5.75 Å². The SMILES string of the molecule is COc1ccc(C[C@@H](NC(=O)C(c2ccccc2)(c2ccccc2)c2ccccc2)C(=O)O)cc1. The molecule has 4 aromatic carbocycles. The van der Waals surface area contributed by atoms with Gasteiger partial charge in [0.15, 0.2) is 0 Å². The number of methoxy groups -OCH3 is 1. The van der Waals surface area contributed by atoms with Crippen LogP contribution in [-0.2, 0) is 21.4 Å². The van der Waals surface area contributed by atoms with Gasteiger partial charge in [-0.05, 0) is 34.4 Å². The summed E-state index contributed by atoms with van der Waals surface area (Å²) in [6.45, 7) is 0. The average molecular weight is 466 g/mol. The van der Waals surface area contributed by atoms with Crippen LogP contribution in [-0.4, -0.2) is 30.1 Å². The third kappa shape index (κ3) is 4.94. The number of nitrogens with one attached hydrogen (secondary N) is 1. The van der Waals surface area contributed by atoms with Crippen LogP contribution in [0.25, 0.3) is 0 Å². The third-order valence-electron chi connectivity index (χ3n) is 6.16. The number of benzene rings is 4. The Labute approximate surface area is 205 Å². The van der Waals surface area contributed by atoms with E-state index in [4.69, 9.17) is 4.74 Å². The van der Waals surface area contributed by atoms with E-state index in [2.05, 4.69) is 5.32 Å². The summed E-state index contributed by atoms with van der Waals surface area (Å²) in [6.07, 6.45) is 0.138. The van der Waals surface area contributed by atoms with Gasteiger partial charge in [0.2, 0.25) is 5.91 Å². The number of ether oxygens (including phenoxy) is 1. The summed E-state index contributed by atoms with van der Waals surface area (Å²) in [5, 5.41) is 12.9. The lowest BCUT2D eigenvalue weighted by Gasteiger charge is -2.35. The van der Waals surface area contributed by atoms with E-state index < -0.39 is 23.3 Å². The van der Waals surface area contributed by atoms with Gasteiger partial charge in [-0.25, -0.2) is 4.79 Å². The van der Waals surface area contributed by atoms with E-state index in [1.54, 1.807) is 31.4 Å². The molecule has 0 spiro atoms. The molecule has 0 aliphatic rings. The van der Waals surface area contributed by atoms with Crippen LogP contribution in [0.4, 0.5) is 0 Å². The smallest absolute Gasteiger partial charge is 0.326 e. The fraction of sp³-hybridized carbons (Fsp3) is 0.133. The predicted octanol–water partition coefficient (Wildman–Crippen LogP) is 4.84. The molecule has 0 saturated heterocycles. The van der Waals surface area contributed by atoms with Gasteiger partial charge < -0.3 is 15.2 Å². The van der Waals surface area contributed by atoms with Gasteiger partial charge in [-0.3, -0.25) is 4.79 Å². The topological polar surface area (TPSA) is 75.6 Å². The van der Waals surface area contributed by atoms with Crippen molar-refractivity contribution in [2.75, 3.05) is 7.11 Å². The van der Waals surface area contributed by atoms with E-state index >= 15 is 0 Å². The molecule has 0 bridgehead atoms. The van der Waals surface area contributed by atoms with Crippen LogP contribution in [0, 0.1) is 0 Å². The summed E-state index contributed by atoms with van der Waals surface area (Å²) in [4.78, 5) is 26.5. The Morgan fingerprint density at radius 3 is 1.54 bits per heavy atom. The minimum Gasteiger partial charge on any atom is -0.497 e. The van der Waals surface area contributed by atoms with Crippen molar-refractivity contribution in [1.29, 1.82) is 0 Å². The molecule has 4 aromatic rings. The lowest BCUT2D eigenvalue weighted by molar-refractivity contribution is -0.142. The van der Waals surface area contributed by atoms with Crippen molar-refractivity contribution in [3.63, 3.8) is 0 Å². The van der Waals surface area contributed by atoms with Gasteiger partial charge in [0.05, 0.1) is 7.11 Å². The largest absolute Gasteiger partial charge is 0.497 e. The molecule has 35 heavy (non-hydrogen) atoms. The maximum absolute atomic E-state index is 14.3. The molecule has 4 rings (SSSR count). The highest BCUT2D eigenvalue weighted by molar-refractivity contribution is 5.98. The Morgan fingerprint density at radius 1 is 0.743 bits per heavy atom. The molecule has 0 heterocycles. The Kier molecular flexibility index (Phi) is 7.27. The lowest BCUT2D eigenvalue weighted by Crippen LogP contribution is -2.52. The minimum absolute atomic E-state index is 0.138. The Hall–Kier alpha value is -4.38. The molecule has 5 heteroatoms. The molecular weight excluding hydrogens is 438 g/mol. The van der Waals surface area contributed by atoms with Crippen LogP contribution < -0.4 is 10.1 Å². The van der Waals surface area contributed by atoms with Crippen molar-refractivity contribution in [2.24, 2.45) is 0 Å². The number of carboxylic acid groups (broad SMARTS) is 1. The van der Waals surface area contributed by atoms with Crippen molar-refractivity contribution in [3.05, 3.63) is 138 Å². The van der Waals surface area contributed by atoms with Gasteiger partial charge >= 0.3 is 5.97 Å². The second-order valence-corrected chi connectivity index (χ2v) is 8.26. The fourth-order valence-corrected chi connectivity index (χ4v) is 4.42. The predicted molar refractivity (Wildman–Crippen MR) is 135 cm³/mol. The Bertz CT molecular complexity index is 1160. The number of amides is 1. The first-order chi connectivity index (χ1) is 17.1. The molecule has 0 aliphatic carbocycles. The van der Waals surface area contributed by atoms with Crippen molar-refractivity contribution in [1.82, 2.24) is 5.32 Å². The Balaban J connectivity index is 1.80. The van der Waals surface area contributed by atoms with Gasteiger partial charge in [-0.2, -0.15) is 0 Å². The first-order valence-electron chi connectivity index (χ1n) is 11.4. The summed E-state index contributed by atoms with van der Waals surface area (Å²) in [5.41, 5.74) is 1.80. The van der Waals surface area contributed by atoms with Crippen LogP contribution >= 0.6 is 0 Å².